The van der Waals surface area contributed by atoms with E-state index in [0.717, 1.165) is 34.7 Å². The van der Waals surface area contributed by atoms with Crippen molar-refractivity contribution in [3.63, 3.8) is 0 Å². The minimum absolute atomic E-state index is 0.168. The monoisotopic (exact) mass is 329 g/mol. The van der Waals surface area contributed by atoms with Crippen molar-refractivity contribution >= 4 is 22.6 Å². The van der Waals surface area contributed by atoms with Gasteiger partial charge in [0.15, 0.2) is 0 Å². The molecule has 1 aliphatic heterocycles. The summed E-state index contributed by atoms with van der Waals surface area (Å²) in [6.45, 7) is 2.54. The zero-order valence-corrected chi connectivity index (χ0v) is 14.2. The van der Waals surface area contributed by atoms with E-state index in [1.807, 2.05) is 60.7 Å². The van der Waals surface area contributed by atoms with Crippen LogP contribution in [-0.2, 0) is 0 Å². The lowest BCUT2D eigenvalue weighted by molar-refractivity contribution is 0.0652. The zero-order chi connectivity index (χ0) is 17.4. The third-order valence-corrected chi connectivity index (χ3v) is 4.78. The maximum Gasteiger partial charge on any atom is 0.262 e. The lowest BCUT2D eigenvalue weighted by Gasteiger charge is -2.13. The van der Waals surface area contributed by atoms with Crippen LogP contribution in [0.1, 0.15) is 40.5 Å². The smallest absolute Gasteiger partial charge is 0.262 e. The Bertz CT molecular complexity index is 976. The molecule has 4 rings (SSSR count). The Morgan fingerprint density at radius 3 is 2.32 bits per heavy atom. The highest BCUT2D eigenvalue weighted by Crippen LogP contribution is 2.38. The van der Waals surface area contributed by atoms with Gasteiger partial charge in [0, 0.05) is 12.1 Å². The molecule has 0 aromatic heterocycles. The van der Waals surface area contributed by atoms with E-state index in [0.29, 0.717) is 17.7 Å². The molecular weight excluding hydrogens is 310 g/mol. The summed E-state index contributed by atoms with van der Waals surface area (Å²) in [6, 6.07) is 19.7. The van der Waals surface area contributed by atoms with Crippen LogP contribution < -0.4 is 0 Å². The highest BCUT2D eigenvalue weighted by Gasteiger charge is 2.38. The standard InChI is InChI=1S/C22H19NO2/c1-2-3-13-23-21(24)18-14-16-11-7-8-12-17(16)19(20(18)22(23)25)15-9-5-4-6-10-15/h4-12,14H,2-3,13H2,1H3. The van der Waals surface area contributed by atoms with Gasteiger partial charge in [-0.1, -0.05) is 67.9 Å². The minimum atomic E-state index is -0.170. The van der Waals surface area contributed by atoms with Crippen LogP contribution in [0.15, 0.2) is 60.7 Å². The highest BCUT2D eigenvalue weighted by atomic mass is 16.2. The largest absolute Gasteiger partial charge is 0.274 e. The highest BCUT2D eigenvalue weighted by molar-refractivity contribution is 6.27. The Balaban J connectivity index is 2.01. The quantitative estimate of drug-likeness (QED) is 0.638. The predicted molar refractivity (Wildman–Crippen MR) is 99.7 cm³/mol. The molecule has 0 saturated carbocycles. The number of hydrogen-bond donors (Lipinski definition) is 0. The van der Waals surface area contributed by atoms with Crippen LogP contribution in [0.3, 0.4) is 0 Å². The summed E-state index contributed by atoms with van der Waals surface area (Å²) in [5.41, 5.74) is 2.91. The van der Waals surface area contributed by atoms with E-state index in [9.17, 15) is 9.59 Å². The molecule has 0 bridgehead atoms. The fourth-order valence-electron chi connectivity index (χ4n) is 3.53. The molecule has 0 atom stereocenters. The van der Waals surface area contributed by atoms with Crippen molar-refractivity contribution in [3.8, 4) is 11.1 Å². The Morgan fingerprint density at radius 1 is 0.840 bits per heavy atom. The van der Waals surface area contributed by atoms with Gasteiger partial charge in [-0.05, 0) is 28.8 Å². The summed E-state index contributed by atoms with van der Waals surface area (Å²) in [7, 11) is 0. The van der Waals surface area contributed by atoms with Crippen molar-refractivity contribution in [2.45, 2.75) is 19.8 Å². The van der Waals surface area contributed by atoms with Gasteiger partial charge in [-0.25, -0.2) is 0 Å². The van der Waals surface area contributed by atoms with Crippen LogP contribution in [0.5, 0.6) is 0 Å². The van der Waals surface area contributed by atoms with Crippen LogP contribution in [0.25, 0.3) is 21.9 Å². The molecule has 3 nitrogen and oxygen atoms in total. The SMILES string of the molecule is CCCCN1C(=O)c2cc3ccccc3c(-c3ccccc3)c2C1=O. The second-order valence-electron chi connectivity index (χ2n) is 6.38. The molecule has 0 N–H and O–H groups in total. The van der Waals surface area contributed by atoms with Crippen molar-refractivity contribution in [1.29, 1.82) is 0 Å². The van der Waals surface area contributed by atoms with Crippen LogP contribution in [0.4, 0.5) is 0 Å². The number of hydrogen-bond acceptors (Lipinski definition) is 2. The second-order valence-corrected chi connectivity index (χ2v) is 6.38. The number of nitrogens with zero attached hydrogens (tertiary/aromatic N) is 1. The lowest BCUT2D eigenvalue weighted by Crippen LogP contribution is -2.30. The molecule has 0 spiro atoms. The van der Waals surface area contributed by atoms with Gasteiger partial charge < -0.3 is 0 Å². The van der Waals surface area contributed by atoms with Crippen LogP contribution in [0, 0.1) is 0 Å². The van der Waals surface area contributed by atoms with Gasteiger partial charge >= 0.3 is 0 Å². The normalized spacial score (nSPS) is 13.6. The lowest BCUT2D eigenvalue weighted by atomic mass is 9.90. The number of fused-ring (bicyclic) bond motifs is 2. The van der Waals surface area contributed by atoms with Gasteiger partial charge in [0.2, 0.25) is 0 Å². The summed E-state index contributed by atoms with van der Waals surface area (Å²) >= 11 is 0. The number of rotatable bonds is 4. The molecule has 0 aliphatic carbocycles. The van der Waals surface area contributed by atoms with Crippen LogP contribution >= 0.6 is 0 Å². The summed E-state index contributed by atoms with van der Waals surface area (Å²) in [6.07, 6.45) is 1.77. The average Bonchev–Trinajstić information content (AvgIpc) is 2.89. The first-order valence-corrected chi connectivity index (χ1v) is 8.69. The third-order valence-electron chi connectivity index (χ3n) is 4.78. The second kappa shape index (κ2) is 6.17. The molecule has 0 radical (unpaired) electrons. The molecule has 25 heavy (non-hydrogen) atoms. The predicted octanol–water partition coefficient (Wildman–Crippen LogP) is 4.90. The van der Waals surface area contributed by atoms with Gasteiger partial charge in [-0.3, -0.25) is 14.5 Å². The molecule has 1 aliphatic rings. The summed E-state index contributed by atoms with van der Waals surface area (Å²) in [5.74, 6) is -0.338. The van der Waals surface area contributed by atoms with Crippen molar-refractivity contribution in [2.24, 2.45) is 0 Å². The van der Waals surface area contributed by atoms with Crippen molar-refractivity contribution in [3.05, 3.63) is 71.8 Å². The number of benzene rings is 3. The van der Waals surface area contributed by atoms with Crippen molar-refractivity contribution in [2.75, 3.05) is 6.54 Å². The fourth-order valence-corrected chi connectivity index (χ4v) is 3.53. The van der Waals surface area contributed by atoms with Crippen molar-refractivity contribution in [1.82, 2.24) is 4.90 Å². The maximum absolute atomic E-state index is 13.1. The maximum atomic E-state index is 13.1. The van der Waals surface area contributed by atoms with E-state index in [-0.39, 0.29) is 11.8 Å². The Labute approximate surface area is 146 Å². The van der Waals surface area contributed by atoms with E-state index in [2.05, 4.69) is 6.92 Å². The average molecular weight is 329 g/mol. The first kappa shape index (κ1) is 15.6. The molecule has 3 heteroatoms. The van der Waals surface area contributed by atoms with Gasteiger partial charge in [-0.2, -0.15) is 0 Å². The first-order chi connectivity index (χ1) is 12.2. The number of carbonyl (C=O) groups excluding carboxylic acids is 2. The molecule has 124 valence electrons. The van der Waals surface area contributed by atoms with Crippen LogP contribution in [0.2, 0.25) is 0 Å². The topological polar surface area (TPSA) is 37.4 Å². The molecule has 3 aromatic rings. The minimum Gasteiger partial charge on any atom is -0.274 e. The van der Waals surface area contributed by atoms with Gasteiger partial charge in [0.25, 0.3) is 11.8 Å². The van der Waals surface area contributed by atoms with E-state index in [4.69, 9.17) is 0 Å². The molecule has 0 saturated heterocycles. The summed E-state index contributed by atoms with van der Waals surface area (Å²) in [4.78, 5) is 27.3. The fraction of sp³-hybridized carbons (Fsp3) is 0.182. The van der Waals surface area contributed by atoms with Crippen molar-refractivity contribution < 1.29 is 9.59 Å². The number of amides is 2. The summed E-state index contributed by atoms with van der Waals surface area (Å²) < 4.78 is 0. The third kappa shape index (κ3) is 2.43. The van der Waals surface area contributed by atoms with E-state index < -0.39 is 0 Å². The number of imide groups is 1. The van der Waals surface area contributed by atoms with Gasteiger partial charge in [0.1, 0.15) is 0 Å². The molecule has 1 heterocycles. The molecule has 0 fully saturated rings. The molecular formula is C22H19NO2. The van der Waals surface area contributed by atoms with Gasteiger partial charge in [0.05, 0.1) is 11.1 Å². The Morgan fingerprint density at radius 2 is 1.56 bits per heavy atom. The van der Waals surface area contributed by atoms with Gasteiger partial charge in [-0.15, -0.1) is 0 Å². The van der Waals surface area contributed by atoms with E-state index in [1.165, 1.54) is 4.90 Å². The number of carbonyl (C=O) groups is 2. The van der Waals surface area contributed by atoms with E-state index >= 15 is 0 Å². The first-order valence-electron chi connectivity index (χ1n) is 8.69. The van der Waals surface area contributed by atoms with E-state index in [1.54, 1.807) is 0 Å². The summed E-state index contributed by atoms with van der Waals surface area (Å²) in [5, 5.41) is 1.99. The number of unbranched alkanes of at least 4 members (excludes halogenated alkanes) is 1. The Hall–Kier alpha value is -2.94. The molecule has 3 aromatic carbocycles. The van der Waals surface area contributed by atoms with Crippen LogP contribution in [-0.4, -0.2) is 23.3 Å². The zero-order valence-electron chi connectivity index (χ0n) is 14.2. The molecule has 2 amide bonds. The molecule has 0 unspecified atom stereocenters. The Kier molecular flexibility index (Phi) is 3.85.